The molecule has 0 spiro atoms. The first kappa shape index (κ1) is 15.0. The Balaban J connectivity index is 2.06. The number of benzene rings is 2. The molecule has 0 aliphatic rings. The molecular weight excluding hydrogens is 269 g/mol. The van der Waals surface area contributed by atoms with E-state index in [-0.39, 0.29) is 11.7 Å². The van der Waals surface area contributed by atoms with Gasteiger partial charge in [0.25, 0.3) is 5.91 Å². The Morgan fingerprint density at radius 2 is 1.86 bits per heavy atom. The van der Waals surface area contributed by atoms with Crippen LogP contribution in [0.2, 0.25) is 0 Å². The molecular formula is C17H18FNO2. The average Bonchev–Trinajstić information content (AvgIpc) is 2.52. The maximum absolute atomic E-state index is 12.8. The molecule has 0 aliphatic carbocycles. The predicted octanol–water partition coefficient (Wildman–Crippen LogP) is 3.54. The monoisotopic (exact) mass is 287 g/mol. The Kier molecular flexibility index (Phi) is 5.32. The van der Waals surface area contributed by atoms with Crippen molar-refractivity contribution in [2.24, 2.45) is 0 Å². The lowest BCUT2D eigenvalue weighted by Crippen LogP contribution is -2.24. The molecule has 0 heterocycles. The molecule has 0 bridgehead atoms. The lowest BCUT2D eigenvalue weighted by Gasteiger charge is -2.11. The lowest BCUT2D eigenvalue weighted by molar-refractivity contribution is 0.0949. The van der Waals surface area contributed by atoms with E-state index in [1.807, 2.05) is 13.0 Å². The fourth-order valence-corrected chi connectivity index (χ4v) is 1.86. The maximum Gasteiger partial charge on any atom is 0.255 e. The first-order valence-electron chi connectivity index (χ1n) is 6.95. The van der Waals surface area contributed by atoms with E-state index in [0.29, 0.717) is 24.5 Å². The van der Waals surface area contributed by atoms with E-state index >= 15 is 0 Å². The second-order valence-electron chi connectivity index (χ2n) is 4.67. The van der Waals surface area contributed by atoms with E-state index in [0.717, 1.165) is 12.0 Å². The minimum absolute atomic E-state index is 0.147. The van der Waals surface area contributed by atoms with Crippen molar-refractivity contribution in [2.45, 2.75) is 20.0 Å². The van der Waals surface area contributed by atoms with Crippen LogP contribution in [0.3, 0.4) is 0 Å². The molecule has 110 valence electrons. The molecule has 2 aromatic rings. The van der Waals surface area contributed by atoms with Crippen molar-refractivity contribution in [3.8, 4) is 5.75 Å². The molecule has 0 radical (unpaired) electrons. The second-order valence-corrected chi connectivity index (χ2v) is 4.67. The zero-order chi connectivity index (χ0) is 15.1. The minimum atomic E-state index is -0.280. The van der Waals surface area contributed by atoms with E-state index in [1.54, 1.807) is 30.3 Å². The van der Waals surface area contributed by atoms with Gasteiger partial charge in [0.05, 0.1) is 5.56 Å². The molecule has 4 heteroatoms. The van der Waals surface area contributed by atoms with Crippen LogP contribution in [0.15, 0.2) is 48.5 Å². The quantitative estimate of drug-likeness (QED) is 0.882. The molecule has 1 N–H and O–H groups in total. The van der Waals surface area contributed by atoms with Gasteiger partial charge in [-0.1, -0.05) is 31.2 Å². The molecule has 0 saturated carbocycles. The van der Waals surface area contributed by atoms with Crippen LogP contribution in [-0.4, -0.2) is 12.5 Å². The fraction of sp³-hybridized carbons (Fsp3) is 0.235. The number of hydrogen-bond donors (Lipinski definition) is 1. The number of halogens is 1. The Bertz CT molecular complexity index is 596. The molecule has 21 heavy (non-hydrogen) atoms. The number of para-hydroxylation sites is 1. The number of ether oxygens (including phenoxy) is 1. The topological polar surface area (TPSA) is 38.3 Å². The van der Waals surface area contributed by atoms with Crippen molar-refractivity contribution in [3.63, 3.8) is 0 Å². The molecule has 0 aromatic heterocycles. The van der Waals surface area contributed by atoms with Crippen molar-refractivity contribution in [1.29, 1.82) is 0 Å². The first-order chi connectivity index (χ1) is 10.2. The summed E-state index contributed by atoms with van der Waals surface area (Å²) in [6.45, 7) is 2.92. The van der Waals surface area contributed by atoms with Gasteiger partial charge in [0.15, 0.2) is 0 Å². The number of carbonyl (C=O) groups is 1. The van der Waals surface area contributed by atoms with Gasteiger partial charge in [0.2, 0.25) is 0 Å². The van der Waals surface area contributed by atoms with Gasteiger partial charge in [0, 0.05) is 6.54 Å². The largest absolute Gasteiger partial charge is 0.488 e. The predicted molar refractivity (Wildman–Crippen MR) is 79.8 cm³/mol. The summed E-state index contributed by atoms with van der Waals surface area (Å²) in [5.74, 6) is 0.0973. The van der Waals surface area contributed by atoms with Crippen molar-refractivity contribution in [1.82, 2.24) is 5.32 Å². The Morgan fingerprint density at radius 1 is 1.14 bits per heavy atom. The van der Waals surface area contributed by atoms with Gasteiger partial charge in [-0.25, -0.2) is 4.39 Å². The standard InChI is InChI=1S/C17H18FNO2/c1-2-11-19-17(20)15-5-3-4-6-16(15)21-12-13-7-9-14(18)10-8-13/h3-10H,2,11-12H2,1H3,(H,19,20). The minimum Gasteiger partial charge on any atom is -0.488 e. The van der Waals surface area contributed by atoms with Gasteiger partial charge in [-0.05, 0) is 36.2 Å². The van der Waals surface area contributed by atoms with Crippen LogP contribution < -0.4 is 10.1 Å². The molecule has 0 atom stereocenters. The third-order valence-electron chi connectivity index (χ3n) is 2.97. The summed E-state index contributed by atoms with van der Waals surface area (Å²) in [6.07, 6.45) is 0.879. The molecule has 0 saturated heterocycles. The average molecular weight is 287 g/mol. The van der Waals surface area contributed by atoms with E-state index in [2.05, 4.69) is 5.32 Å². The maximum atomic E-state index is 12.8. The van der Waals surface area contributed by atoms with Crippen LogP contribution in [0.5, 0.6) is 5.75 Å². The van der Waals surface area contributed by atoms with Crippen LogP contribution in [0.4, 0.5) is 4.39 Å². The van der Waals surface area contributed by atoms with Crippen molar-refractivity contribution >= 4 is 5.91 Å². The van der Waals surface area contributed by atoms with E-state index < -0.39 is 0 Å². The molecule has 3 nitrogen and oxygen atoms in total. The highest BCUT2D eigenvalue weighted by Gasteiger charge is 2.11. The van der Waals surface area contributed by atoms with Crippen molar-refractivity contribution in [2.75, 3.05) is 6.54 Å². The van der Waals surface area contributed by atoms with Gasteiger partial charge in [-0.3, -0.25) is 4.79 Å². The van der Waals surface area contributed by atoms with Gasteiger partial charge in [-0.15, -0.1) is 0 Å². The van der Waals surface area contributed by atoms with Crippen LogP contribution in [-0.2, 0) is 6.61 Å². The molecule has 0 unspecified atom stereocenters. The normalized spacial score (nSPS) is 10.2. The molecule has 2 rings (SSSR count). The Hall–Kier alpha value is -2.36. The Morgan fingerprint density at radius 3 is 2.57 bits per heavy atom. The van der Waals surface area contributed by atoms with Crippen LogP contribution in [0.25, 0.3) is 0 Å². The first-order valence-corrected chi connectivity index (χ1v) is 6.95. The summed E-state index contributed by atoms with van der Waals surface area (Å²) < 4.78 is 18.5. The van der Waals surface area contributed by atoms with Gasteiger partial charge >= 0.3 is 0 Å². The van der Waals surface area contributed by atoms with Crippen LogP contribution in [0, 0.1) is 5.82 Å². The van der Waals surface area contributed by atoms with E-state index in [9.17, 15) is 9.18 Å². The van der Waals surface area contributed by atoms with Gasteiger partial charge in [-0.2, -0.15) is 0 Å². The van der Waals surface area contributed by atoms with Crippen molar-refractivity contribution in [3.05, 3.63) is 65.5 Å². The van der Waals surface area contributed by atoms with Crippen LogP contribution >= 0.6 is 0 Å². The molecule has 0 fully saturated rings. The van der Waals surface area contributed by atoms with Crippen molar-refractivity contribution < 1.29 is 13.9 Å². The highest BCUT2D eigenvalue weighted by molar-refractivity contribution is 5.96. The second kappa shape index (κ2) is 7.43. The van der Waals surface area contributed by atoms with E-state index in [1.165, 1.54) is 12.1 Å². The zero-order valence-corrected chi connectivity index (χ0v) is 11.9. The highest BCUT2D eigenvalue weighted by atomic mass is 19.1. The summed E-state index contributed by atoms with van der Waals surface area (Å²) >= 11 is 0. The summed E-state index contributed by atoms with van der Waals surface area (Å²) in [6, 6.07) is 13.2. The van der Waals surface area contributed by atoms with Gasteiger partial charge in [0.1, 0.15) is 18.2 Å². The highest BCUT2D eigenvalue weighted by Crippen LogP contribution is 2.19. The molecule has 2 aromatic carbocycles. The summed E-state index contributed by atoms with van der Waals surface area (Å²) in [4.78, 5) is 12.0. The zero-order valence-electron chi connectivity index (χ0n) is 11.9. The molecule has 1 amide bonds. The number of rotatable bonds is 6. The molecule has 0 aliphatic heterocycles. The number of nitrogens with one attached hydrogen (secondary N) is 1. The third-order valence-corrected chi connectivity index (χ3v) is 2.97. The smallest absolute Gasteiger partial charge is 0.255 e. The summed E-state index contributed by atoms with van der Waals surface area (Å²) in [7, 11) is 0. The third kappa shape index (κ3) is 4.31. The number of carbonyl (C=O) groups excluding carboxylic acids is 1. The Labute approximate surface area is 123 Å². The SMILES string of the molecule is CCCNC(=O)c1ccccc1OCc1ccc(F)cc1. The number of hydrogen-bond acceptors (Lipinski definition) is 2. The van der Waals surface area contributed by atoms with Crippen LogP contribution in [0.1, 0.15) is 29.3 Å². The number of amides is 1. The van der Waals surface area contributed by atoms with Gasteiger partial charge < -0.3 is 10.1 Å². The fourth-order valence-electron chi connectivity index (χ4n) is 1.86. The summed E-state index contributed by atoms with van der Waals surface area (Å²) in [5, 5.41) is 2.83. The summed E-state index contributed by atoms with van der Waals surface area (Å²) in [5.41, 5.74) is 1.35. The lowest BCUT2D eigenvalue weighted by atomic mass is 10.2. The van der Waals surface area contributed by atoms with E-state index in [4.69, 9.17) is 4.74 Å².